The monoisotopic (exact) mass is 289 g/mol. The van der Waals surface area contributed by atoms with Crippen molar-refractivity contribution in [3.05, 3.63) is 41.1 Å². The van der Waals surface area contributed by atoms with Gasteiger partial charge in [-0.3, -0.25) is 4.68 Å². The Bertz CT molecular complexity index is 587. The molecular formula is C16H23N3S. The molecule has 3 nitrogen and oxygen atoms in total. The Kier molecular flexibility index (Phi) is 4.89. The van der Waals surface area contributed by atoms with E-state index in [2.05, 4.69) is 62.4 Å². The predicted octanol–water partition coefficient (Wildman–Crippen LogP) is 3.69. The van der Waals surface area contributed by atoms with E-state index < -0.39 is 0 Å². The standard InChI is InChI=1S/C16H23N3S/c1-11(2)17-10-14-13(4)18-19(5)16(14)20-15-9-7-6-8-12(15)3/h6-9,11,17H,10H2,1-5H3. The topological polar surface area (TPSA) is 29.9 Å². The molecule has 0 saturated carbocycles. The highest BCUT2D eigenvalue weighted by Gasteiger charge is 2.15. The van der Waals surface area contributed by atoms with Crippen LogP contribution in [0.15, 0.2) is 34.2 Å². The Morgan fingerprint density at radius 2 is 1.95 bits per heavy atom. The third-order valence-electron chi connectivity index (χ3n) is 3.28. The lowest BCUT2D eigenvalue weighted by molar-refractivity contribution is 0.580. The third-order valence-corrected chi connectivity index (χ3v) is 4.66. The summed E-state index contributed by atoms with van der Waals surface area (Å²) in [5.74, 6) is 0. The molecule has 108 valence electrons. The molecule has 0 aliphatic rings. The van der Waals surface area contributed by atoms with Crippen LogP contribution in [0.5, 0.6) is 0 Å². The van der Waals surface area contributed by atoms with Gasteiger partial charge in [0.15, 0.2) is 0 Å². The second kappa shape index (κ2) is 6.46. The normalized spacial score (nSPS) is 11.3. The molecule has 0 saturated heterocycles. The zero-order valence-electron chi connectivity index (χ0n) is 12.9. The maximum atomic E-state index is 4.57. The van der Waals surface area contributed by atoms with Crippen molar-refractivity contribution >= 4 is 11.8 Å². The quantitative estimate of drug-likeness (QED) is 0.910. The van der Waals surface area contributed by atoms with Crippen LogP contribution in [-0.4, -0.2) is 15.8 Å². The van der Waals surface area contributed by atoms with E-state index in [4.69, 9.17) is 0 Å². The van der Waals surface area contributed by atoms with Gasteiger partial charge in [0.1, 0.15) is 5.03 Å². The van der Waals surface area contributed by atoms with Crippen molar-refractivity contribution in [3.63, 3.8) is 0 Å². The molecule has 0 radical (unpaired) electrons. The Balaban J connectivity index is 2.29. The first-order chi connectivity index (χ1) is 9.49. The van der Waals surface area contributed by atoms with Gasteiger partial charge in [-0.2, -0.15) is 5.10 Å². The average molecular weight is 289 g/mol. The van der Waals surface area contributed by atoms with Crippen molar-refractivity contribution in [3.8, 4) is 0 Å². The van der Waals surface area contributed by atoms with Crippen molar-refractivity contribution in [2.45, 2.75) is 50.2 Å². The van der Waals surface area contributed by atoms with E-state index in [9.17, 15) is 0 Å². The average Bonchev–Trinajstić information content (AvgIpc) is 2.64. The van der Waals surface area contributed by atoms with Crippen LogP contribution in [-0.2, 0) is 13.6 Å². The minimum Gasteiger partial charge on any atom is -0.310 e. The number of hydrogen-bond donors (Lipinski definition) is 1. The molecule has 0 aliphatic heterocycles. The Morgan fingerprint density at radius 1 is 1.25 bits per heavy atom. The molecule has 0 bridgehead atoms. The molecule has 0 amide bonds. The van der Waals surface area contributed by atoms with Gasteiger partial charge in [0.2, 0.25) is 0 Å². The third kappa shape index (κ3) is 3.44. The summed E-state index contributed by atoms with van der Waals surface area (Å²) >= 11 is 1.80. The minimum absolute atomic E-state index is 0.478. The fourth-order valence-electron chi connectivity index (χ4n) is 2.09. The van der Waals surface area contributed by atoms with Crippen LogP contribution in [0.4, 0.5) is 0 Å². The highest BCUT2D eigenvalue weighted by Crippen LogP contribution is 2.33. The maximum Gasteiger partial charge on any atom is 0.103 e. The maximum absolute atomic E-state index is 4.57. The molecule has 2 aromatic rings. The van der Waals surface area contributed by atoms with E-state index in [-0.39, 0.29) is 0 Å². The van der Waals surface area contributed by atoms with Gasteiger partial charge in [-0.25, -0.2) is 0 Å². The number of aryl methyl sites for hydroxylation is 3. The molecule has 0 fully saturated rings. The zero-order valence-corrected chi connectivity index (χ0v) is 13.7. The van der Waals surface area contributed by atoms with Crippen LogP contribution < -0.4 is 5.32 Å². The lowest BCUT2D eigenvalue weighted by Gasteiger charge is -2.11. The number of hydrogen-bond acceptors (Lipinski definition) is 3. The smallest absolute Gasteiger partial charge is 0.103 e. The van der Waals surface area contributed by atoms with Crippen LogP contribution >= 0.6 is 11.8 Å². The highest BCUT2D eigenvalue weighted by molar-refractivity contribution is 7.99. The SMILES string of the molecule is Cc1ccccc1Sc1c(CNC(C)C)c(C)nn1C. The Hall–Kier alpha value is -1.26. The lowest BCUT2D eigenvalue weighted by atomic mass is 10.2. The molecule has 0 unspecified atom stereocenters. The van der Waals surface area contributed by atoms with Crippen LogP contribution in [0.25, 0.3) is 0 Å². The molecule has 1 aromatic carbocycles. The van der Waals surface area contributed by atoms with Gasteiger partial charge in [-0.05, 0) is 25.5 Å². The van der Waals surface area contributed by atoms with Gasteiger partial charge in [0.05, 0.1) is 5.69 Å². The van der Waals surface area contributed by atoms with E-state index >= 15 is 0 Å². The fourth-order valence-corrected chi connectivity index (χ4v) is 3.19. The van der Waals surface area contributed by atoms with Gasteiger partial charge in [-0.15, -0.1) is 0 Å². The van der Waals surface area contributed by atoms with Crippen molar-refractivity contribution in [2.24, 2.45) is 7.05 Å². The first kappa shape index (κ1) is 15.1. The molecule has 2 rings (SSSR count). The van der Waals surface area contributed by atoms with Crippen molar-refractivity contribution in [2.75, 3.05) is 0 Å². The van der Waals surface area contributed by atoms with Crippen LogP contribution in [0, 0.1) is 13.8 Å². The van der Waals surface area contributed by atoms with Crippen molar-refractivity contribution in [1.29, 1.82) is 0 Å². The van der Waals surface area contributed by atoms with Crippen LogP contribution in [0.1, 0.15) is 30.7 Å². The van der Waals surface area contributed by atoms with E-state index in [1.165, 1.54) is 21.0 Å². The second-order valence-electron chi connectivity index (χ2n) is 5.40. The summed E-state index contributed by atoms with van der Waals surface area (Å²) in [6.45, 7) is 9.43. The molecule has 1 aromatic heterocycles. The van der Waals surface area contributed by atoms with Gasteiger partial charge in [0, 0.05) is 30.1 Å². The first-order valence-electron chi connectivity index (χ1n) is 6.98. The second-order valence-corrected chi connectivity index (χ2v) is 6.43. The highest BCUT2D eigenvalue weighted by atomic mass is 32.2. The van der Waals surface area contributed by atoms with E-state index in [1.807, 2.05) is 11.7 Å². The zero-order chi connectivity index (χ0) is 14.7. The van der Waals surface area contributed by atoms with Crippen molar-refractivity contribution < 1.29 is 0 Å². The Morgan fingerprint density at radius 3 is 2.60 bits per heavy atom. The summed E-state index contributed by atoms with van der Waals surface area (Å²) in [5, 5.41) is 9.29. The molecule has 4 heteroatoms. The fraction of sp³-hybridized carbons (Fsp3) is 0.438. The van der Waals surface area contributed by atoms with E-state index in [1.54, 1.807) is 11.8 Å². The van der Waals surface area contributed by atoms with Gasteiger partial charge in [-0.1, -0.05) is 43.8 Å². The van der Waals surface area contributed by atoms with Crippen LogP contribution in [0.2, 0.25) is 0 Å². The summed E-state index contributed by atoms with van der Waals surface area (Å²) in [7, 11) is 2.02. The summed E-state index contributed by atoms with van der Waals surface area (Å²) in [6.07, 6.45) is 0. The first-order valence-corrected chi connectivity index (χ1v) is 7.80. The van der Waals surface area contributed by atoms with Gasteiger partial charge >= 0.3 is 0 Å². The molecule has 0 atom stereocenters. The van der Waals surface area contributed by atoms with Gasteiger partial charge in [0.25, 0.3) is 0 Å². The van der Waals surface area contributed by atoms with Crippen LogP contribution in [0.3, 0.4) is 0 Å². The molecule has 0 aliphatic carbocycles. The number of nitrogens with zero attached hydrogens (tertiary/aromatic N) is 2. The number of aromatic nitrogens is 2. The van der Waals surface area contributed by atoms with E-state index in [0.29, 0.717) is 6.04 Å². The summed E-state index contributed by atoms with van der Waals surface area (Å²) in [5.41, 5.74) is 3.71. The molecular weight excluding hydrogens is 266 g/mol. The minimum atomic E-state index is 0.478. The molecule has 1 N–H and O–H groups in total. The number of rotatable bonds is 5. The molecule has 1 heterocycles. The predicted molar refractivity (Wildman–Crippen MR) is 85.2 cm³/mol. The number of nitrogens with one attached hydrogen (secondary N) is 1. The van der Waals surface area contributed by atoms with Gasteiger partial charge < -0.3 is 5.32 Å². The largest absolute Gasteiger partial charge is 0.310 e. The van der Waals surface area contributed by atoms with E-state index in [0.717, 1.165) is 12.2 Å². The lowest BCUT2D eigenvalue weighted by Crippen LogP contribution is -2.22. The number of benzene rings is 1. The molecule has 20 heavy (non-hydrogen) atoms. The summed E-state index contributed by atoms with van der Waals surface area (Å²) in [6, 6.07) is 8.96. The Labute approximate surface area is 125 Å². The molecule has 0 spiro atoms. The summed E-state index contributed by atoms with van der Waals surface area (Å²) < 4.78 is 1.99. The summed E-state index contributed by atoms with van der Waals surface area (Å²) in [4.78, 5) is 1.29. The van der Waals surface area contributed by atoms with Crippen molar-refractivity contribution in [1.82, 2.24) is 15.1 Å².